The smallest absolute Gasteiger partial charge is 0.121 e. The number of hydrogen-bond donors (Lipinski definition) is 1. The summed E-state index contributed by atoms with van der Waals surface area (Å²) in [6.45, 7) is 12.4. The van der Waals surface area contributed by atoms with Gasteiger partial charge < -0.3 is 20.3 Å². The number of anilines is 2. The van der Waals surface area contributed by atoms with E-state index in [1.807, 2.05) is 0 Å². The van der Waals surface area contributed by atoms with Gasteiger partial charge >= 0.3 is 0 Å². The summed E-state index contributed by atoms with van der Waals surface area (Å²) >= 11 is 0. The molecule has 2 N–H and O–H groups in total. The van der Waals surface area contributed by atoms with E-state index in [9.17, 15) is 0 Å². The maximum atomic E-state index is 5.78. The van der Waals surface area contributed by atoms with E-state index in [0.29, 0.717) is 23.7 Å². The Morgan fingerprint density at radius 1 is 1.28 bits per heavy atom. The first-order valence-electron chi connectivity index (χ1n) is 9.90. The van der Waals surface area contributed by atoms with Gasteiger partial charge in [-0.15, -0.1) is 0 Å². The Morgan fingerprint density at radius 2 is 2.00 bits per heavy atom. The highest BCUT2D eigenvalue weighted by Crippen LogP contribution is 2.62. The van der Waals surface area contributed by atoms with Crippen LogP contribution < -0.4 is 20.3 Å². The van der Waals surface area contributed by atoms with Crippen molar-refractivity contribution >= 4 is 11.4 Å². The van der Waals surface area contributed by atoms with Crippen molar-refractivity contribution in [2.75, 3.05) is 23.5 Å². The molecule has 0 bridgehead atoms. The third-order valence-electron chi connectivity index (χ3n) is 6.59. The van der Waals surface area contributed by atoms with Crippen LogP contribution in [-0.2, 0) is 0 Å². The molecular weight excluding hydrogens is 310 g/mol. The summed E-state index contributed by atoms with van der Waals surface area (Å²) in [4.78, 5) is 5.38. The zero-order valence-corrected chi connectivity index (χ0v) is 16.7. The second-order valence-corrected chi connectivity index (χ2v) is 8.11. The highest BCUT2D eigenvalue weighted by molar-refractivity contribution is 5.81. The molecule has 4 atom stereocenters. The minimum atomic E-state index is 0.411. The van der Waals surface area contributed by atoms with E-state index in [-0.39, 0.29) is 0 Å². The summed E-state index contributed by atoms with van der Waals surface area (Å²) in [5.41, 5.74) is 7.69. The summed E-state index contributed by atoms with van der Waals surface area (Å²) in [6.07, 6.45) is 4.65. The Balaban J connectivity index is 0.000000880. The van der Waals surface area contributed by atoms with Crippen molar-refractivity contribution in [3.05, 3.63) is 18.2 Å². The molecule has 1 aliphatic carbocycles. The highest BCUT2D eigenvalue weighted by atomic mass is 16.5. The van der Waals surface area contributed by atoms with Crippen LogP contribution in [-0.4, -0.2) is 31.9 Å². The van der Waals surface area contributed by atoms with Crippen LogP contribution in [0.2, 0.25) is 0 Å². The zero-order valence-electron chi connectivity index (χ0n) is 16.7. The molecule has 2 aliphatic heterocycles. The van der Waals surface area contributed by atoms with Gasteiger partial charge in [-0.2, -0.15) is 0 Å². The van der Waals surface area contributed by atoms with Crippen LogP contribution in [0.3, 0.4) is 0 Å². The molecule has 25 heavy (non-hydrogen) atoms. The third kappa shape index (κ3) is 2.52. The van der Waals surface area contributed by atoms with Crippen molar-refractivity contribution in [1.82, 2.24) is 0 Å². The Kier molecular flexibility index (Phi) is 4.93. The SMILES string of the molecule is CCOc1ccc2c(c1)N1C(C)C3CCCC3(C)C1N2C(C)C.CN. The number of benzene rings is 1. The van der Waals surface area contributed by atoms with Crippen molar-refractivity contribution in [2.45, 2.75) is 72.1 Å². The van der Waals surface area contributed by atoms with Crippen molar-refractivity contribution in [3.8, 4) is 5.75 Å². The van der Waals surface area contributed by atoms with Crippen LogP contribution in [0.4, 0.5) is 11.4 Å². The first-order valence-corrected chi connectivity index (χ1v) is 9.90. The van der Waals surface area contributed by atoms with Gasteiger partial charge in [0.15, 0.2) is 0 Å². The molecule has 2 heterocycles. The third-order valence-corrected chi connectivity index (χ3v) is 6.59. The number of hydrogen-bond acceptors (Lipinski definition) is 4. The second kappa shape index (κ2) is 6.71. The number of nitrogens with zero attached hydrogens (tertiary/aromatic N) is 2. The quantitative estimate of drug-likeness (QED) is 0.890. The zero-order chi connectivity index (χ0) is 18.4. The molecule has 1 aromatic carbocycles. The van der Waals surface area contributed by atoms with Crippen molar-refractivity contribution < 1.29 is 4.74 Å². The molecule has 4 rings (SSSR count). The summed E-state index contributed by atoms with van der Waals surface area (Å²) in [5.74, 6) is 1.82. The highest BCUT2D eigenvalue weighted by Gasteiger charge is 2.62. The molecule has 0 amide bonds. The number of rotatable bonds is 3. The monoisotopic (exact) mass is 345 g/mol. The van der Waals surface area contributed by atoms with Gasteiger partial charge in [0.25, 0.3) is 0 Å². The van der Waals surface area contributed by atoms with Crippen LogP contribution in [0.5, 0.6) is 5.75 Å². The van der Waals surface area contributed by atoms with Crippen molar-refractivity contribution in [3.63, 3.8) is 0 Å². The molecule has 4 heteroatoms. The van der Waals surface area contributed by atoms with Gasteiger partial charge in [0.05, 0.1) is 18.0 Å². The summed E-state index contributed by atoms with van der Waals surface area (Å²) < 4.78 is 5.78. The largest absolute Gasteiger partial charge is 0.494 e. The fraction of sp³-hybridized carbons (Fsp3) is 0.714. The maximum absolute atomic E-state index is 5.78. The molecule has 4 unspecified atom stereocenters. The standard InChI is InChI=1S/C20H30N2O.CH5N/c1-6-23-15-9-10-17-18(12-15)22-14(4)16-8-7-11-20(16,5)19(22)21(17)13(2)3;1-2/h9-10,12-14,16,19H,6-8,11H2,1-5H3;2H2,1H3. The summed E-state index contributed by atoms with van der Waals surface area (Å²) in [6, 6.07) is 7.82. The molecule has 140 valence electrons. The lowest BCUT2D eigenvalue weighted by molar-refractivity contribution is 0.228. The van der Waals surface area contributed by atoms with E-state index in [2.05, 4.69) is 68.4 Å². The van der Waals surface area contributed by atoms with Gasteiger partial charge in [-0.3, -0.25) is 0 Å². The normalized spacial score (nSPS) is 32.2. The van der Waals surface area contributed by atoms with Crippen molar-refractivity contribution in [2.24, 2.45) is 17.1 Å². The van der Waals surface area contributed by atoms with Gasteiger partial charge in [0, 0.05) is 23.6 Å². The molecule has 0 aromatic heterocycles. The van der Waals surface area contributed by atoms with Crippen LogP contribution >= 0.6 is 0 Å². The molecule has 1 saturated carbocycles. The average Bonchev–Trinajstić information content (AvgIpc) is 3.20. The molecule has 1 aromatic rings. The Hall–Kier alpha value is -1.42. The Labute approximate surface area is 153 Å². The molecule has 1 saturated heterocycles. The predicted octanol–water partition coefficient (Wildman–Crippen LogP) is 4.23. The van der Waals surface area contributed by atoms with E-state index >= 15 is 0 Å². The first kappa shape index (κ1) is 18.4. The van der Waals surface area contributed by atoms with E-state index in [4.69, 9.17) is 4.74 Å². The lowest BCUT2D eigenvalue weighted by atomic mass is 9.77. The van der Waals surface area contributed by atoms with Gasteiger partial charge in [-0.05, 0) is 65.6 Å². The van der Waals surface area contributed by atoms with Gasteiger partial charge in [0.1, 0.15) is 11.9 Å². The summed E-state index contributed by atoms with van der Waals surface area (Å²) in [5, 5.41) is 0. The topological polar surface area (TPSA) is 41.7 Å². The lowest BCUT2D eigenvalue weighted by Gasteiger charge is -2.40. The second-order valence-electron chi connectivity index (χ2n) is 8.11. The number of nitrogens with two attached hydrogens (primary N) is 1. The molecule has 4 nitrogen and oxygen atoms in total. The fourth-order valence-electron chi connectivity index (χ4n) is 5.75. The Morgan fingerprint density at radius 3 is 2.64 bits per heavy atom. The summed E-state index contributed by atoms with van der Waals surface area (Å²) in [7, 11) is 1.50. The molecule has 0 radical (unpaired) electrons. The van der Waals surface area contributed by atoms with Crippen LogP contribution in [0.15, 0.2) is 18.2 Å². The van der Waals surface area contributed by atoms with E-state index in [0.717, 1.165) is 18.3 Å². The van der Waals surface area contributed by atoms with Crippen LogP contribution in [0.25, 0.3) is 0 Å². The lowest BCUT2D eigenvalue weighted by Crippen LogP contribution is -2.51. The minimum absolute atomic E-state index is 0.411. The number of ether oxygens (including phenoxy) is 1. The number of fused-ring (bicyclic) bond motifs is 5. The predicted molar refractivity (Wildman–Crippen MR) is 107 cm³/mol. The van der Waals surface area contributed by atoms with Gasteiger partial charge in [-0.1, -0.05) is 13.3 Å². The Bertz CT molecular complexity index is 617. The molecule has 0 spiro atoms. The van der Waals surface area contributed by atoms with Crippen LogP contribution in [0.1, 0.15) is 53.9 Å². The average molecular weight is 346 g/mol. The molecule has 2 fully saturated rings. The van der Waals surface area contributed by atoms with Crippen molar-refractivity contribution in [1.29, 1.82) is 0 Å². The molecule has 3 aliphatic rings. The molecular formula is C21H35N3O. The van der Waals surface area contributed by atoms with E-state index in [1.165, 1.54) is 37.7 Å². The first-order chi connectivity index (χ1) is 12.0. The maximum Gasteiger partial charge on any atom is 0.121 e. The van der Waals surface area contributed by atoms with Gasteiger partial charge in [0.2, 0.25) is 0 Å². The fourth-order valence-corrected chi connectivity index (χ4v) is 5.75. The van der Waals surface area contributed by atoms with E-state index < -0.39 is 0 Å². The minimum Gasteiger partial charge on any atom is -0.494 e. The van der Waals surface area contributed by atoms with E-state index in [1.54, 1.807) is 0 Å². The van der Waals surface area contributed by atoms with Crippen LogP contribution in [0, 0.1) is 11.3 Å². The van der Waals surface area contributed by atoms with Gasteiger partial charge in [-0.25, -0.2) is 0 Å².